The van der Waals surface area contributed by atoms with Crippen LogP contribution in [0.15, 0.2) is 0 Å². The molecular formula is HCuMnNaNiO. The molecule has 0 aromatic carbocycles. The zero-order valence-corrected chi connectivity index (χ0v) is 4.51. The molecule has 0 aliphatic rings. The molecule has 0 aliphatic carbocycles. The van der Waals surface area contributed by atoms with Gasteiger partial charge in [0.1, 0.15) is 0 Å². The average Bonchev–Trinajstić information content (AvgIpc) is 1.00. The van der Waals surface area contributed by atoms with E-state index in [1.807, 2.05) is 0 Å². The van der Waals surface area contributed by atoms with Gasteiger partial charge in [0.05, 0.1) is 0 Å². The quantitative estimate of drug-likeness (QED) is 0.487. The van der Waals surface area contributed by atoms with E-state index in [0.717, 1.165) is 0 Å². The Hall–Kier alpha value is 2.33. The topological polar surface area (TPSA) is 17.1 Å². The SMILES string of the molecule is [Cu].[Mn].[NaH].[O]=[Ni]. The summed E-state index contributed by atoms with van der Waals surface area (Å²) in [6.07, 6.45) is 0. The Morgan fingerprint density at radius 2 is 1.20 bits per heavy atom. The molecule has 0 fully saturated rings. The zero-order chi connectivity index (χ0) is 2.00. The standard InChI is InChI=1S/Cu.Mn.Na.Ni.O.H. The molecule has 0 aromatic heterocycles. The van der Waals surface area contributed by atoms with Crippen LogP contribution in [-0.4, -0.2) is 29.6 Å². The van der Waals surface area contributed by atoms with Crippen LogP contribution >= 0.6 is 0 Å². The van der Waals surface area contributed by atoms with Gasteiger partial charge in [-0.25, -0.2) is 0 Å². The van der Waals surface area contributed by atoms with Gasteiger partial charge in [0.15, 0.2) is 0 Å². The molecule has 5 heavy (non-hydrogen) atoms. The minimum absolute atomic E-state index is 0. The Bertz CT molecular complexity index is 11.6. The molecule has 0 aromatic rings. The average molecular weight is 217 g/mol. The van der Waals surface area contributed by atoms with E-state index in [2.05, 4.69) is 15.4 Å². The van der Waals surface area contributed by atoms with Crippen molar-refractivity contribution in [3.8, 4) is 0 Å². The predicted molar refractivity (Wildman–Crippen MR) is 7.84 cm³/mol. The van der Waals surface area contributed by atoms with E-state index in [4.69, 9.17) is 3.90 Å². The van der Waals surface area contributed by atoms with Crippen LogP contribution in [0.4, 0.5) is 0 Å². The molecule has 2 radical (unpaired) electrons. The predicted octanol–water partition coefficient (Wildman–Crippen LogP) is -0.775. The Kier molecular flexibility index (Phi) is 175. The van der Waals surface area contributed by atoms with Crippen LogP contribution in [0.1, 0.15) is 0 Å². The van der Waals surface area contributed by atoms with E-state index in [1.165, 1.54) is 0 Å². The molecule has 0 bridgehead atoms. The Labute approximate surface area is 81.8 Å². The van der Waals surface area contributed by atoms with Crippen molar-refractivity contribution < 1.29 is 53.4 Å². The van der Waals surface area contributed by atoms with E-state index in [9.17, 15) is 0 Å². The van der Waals surface area contributed by atoms with Crippen molar-refractivity contribution in [3.05, 3.63) is 0 Å². The van der Waals surface area contributed by atoms with E-state index < -0.39 is 0 Å². The zero-order valence-electron chi connectivity index (χ0n) is 1.40. The summed E-state index contributed by atoms with van der Waals surface area (Å²) >= 11 is 2.62. The summed E-state index contributed by atoms with van der Waals surface area (Å²) in [5, 5.41) is 0. The molecule has 36 valence electrons. The van der Waals surface area contributed by atoms with Crippen molar-refractivity contribution in [2.75, 3.05) is 0 Å². The molecular weight excluding hydrogens is 216 g/mol. The molecule has 0 spiro atoms. The monoisotopic (exact) mass is 216 g/mol. The Balaban J connectivity index is -0.00000000167. The van der Waals surface area contributed by atoms with Crippen molar-refractivity contribution in [2.45, 2.75) is 0 Å². The summed E-state index contributed by atoms with van der Waals surface area (Å²) in [5.41, 5.74) is 0. The first-order valence-corrected chi connectivity index (χ1v) is 0.532. The fraction of sp³-hybridized carbons (Fsp3) is 0. The number of rotatable bonds is 0. The first kappa shape index (κ1) is 26.5. The second kappa shape index (κ2) is 33.1. The van der Waals surface area contributed by atoms with Crippen molar-refractivity contribution in [2.24, 2.45) is 0 Å². The van der Waals surface area contributed by atoms with Crippen LogP contribution in [0.2, 0.25) is 0 Å². The molecule has 1 nitrogen and oxygen atoms in total. The van der Waals surface area contributed by atoms with Gasteiger partial charge in [-0.15, -0.1) is 0 Å². The summed E-state index contributed by atoms with van der Waals surface area (Å²) in [5.74, 6) is 0. The third-order valence-electron chi connectivity index (χ3n) is 0. The van der Waals surface area contributed by atoms with E-state index >= 15 is 0 Å². The first-order valence-electron chi connectivity index (χ1n) is 0.129. The van der Waals surface area contributed by atoms with E-state index in [0.29, 0.717) is 0 Å². The van der Waals surface area contributed by atoms with Gasteiger partial charge in [-0.3, -0.25) is 0 Å². The Morgan fingerprint density at radius 1 is 1.20 bits per heavy atom. The normalized spacial score (nSPS) is 1.20. The molecule has 0 unspecified atom stereocenters. The van der Waals surface area contributed by atoms with Crippen molar-refractivity contribution in [1.82, 2.24) is 0 Å². The number of hydrogen-bond acceptors (Lipinski definition) is 1. The van der Waals surface area contributed by atoms with Crippen molar-refractivity contribution in [3.63, 3.8) is 0 Å². The van der Waals surface area contributed by atoms with Crippen LogP contribution in [-0.2, 0) is 53.4 Å². The second-order valence-electron chi connectivity index (χ2n) is 0. The molecule has 0 rings (SSSR count). The van der Waals surface area contributed by atoms with Gasteiger partial charge >= 0.3 is 48.8 Å². The van der Waals surface area contributed by atoms with Gasteiger partial charge in [0, 0.05) is 34.1 Å². The van der Waals surface area contributed by atoms with E-state index in [-0.39, 0.29) is 63.7 Å². The van der Waals surface area contributed by atoms with Gasteiger partial charge < -0.3 is 0 Å². The van der Waals surface area contributed by atoms with Gasteiger partial charge in [-0.1, -0.05) is 0 Å². The maximum atomic E-state index is 7.88. The van der Waals surface area contributed by atoms with Crippen LogP contribution in [0.3, 0.4) is 0 Å². The molecule has 0 saturated heterocycles. The Morgan fingerprint density at radius 3 is 1.20 bits per heavy atom. The second-order valence-corrected chi connectivity index (χ2v) is 0. The van der Waals surface area contributed by atoms with Gasteiger partial charge in [0.2, 0.25) is 0 Å². The summed E-state index contributed by atoms with van der Waals surface area (Å²) in [6.45, 7) is 0. The summed E-state index contributed by atoms with van der Waals surface area (Å²) in [7, 11) is 0. The molecule has 5 heteroatoms. The van der Waals surface area contributed by atoms with Crippen molar-refractivity contribution in [1.29, 1.82) is 0 Å². The summed E-state index contributed by atoms with van der Waals surface area (Å²) in [6, 6.07) is 0. The summed E-state index contributed by atoms with van der Waals surface area (Å²) < 4.78 is 7.88. The molecule has 0 saturated carbocycles. The van der Waals surface area contributed by atoms with Gasteiger partial charge in [0.25, 0.3) is 0 Å². The molecule has 0 amide bonds. The fourth-order valence-corrected chi connectivity index (χ4v) is 0. The molecule has 0 atom stereocenters. The first-order chi connectivity index (χ1) is 1.00. The number of hydrogen-bond donors (Lipinski definition) is 0. The van der Waals surface area contributed by atoms with Gasteiger partial charge in [-0.2, -0.15) is 0 Å². The third kappa shape index (κ3) is 21.8. The van der Waals surface area contributed by atoms with E-state index in [1.54, 1.807) is 0 Å². The maximum absolute atomic E-state index is 7.88. The molecule has 0 aliphatic heterocycles. The van der Waals surface area contributed by atoms with Crippen LogP contribution in [0.25, 0.3) is 0 Å². The van der Waals surface area contributed by atoms with Crippen molar-refractivity contribution >= 4 is 29.6 Å². The van der Waals surface area contributed by atoms with Gasteiger partial charge in [-0.05, 0) is 0 Å². The van der Waals surface area contributed by atoms with Crippen LogP contribution in [0, 0.1) is 0 Å². The molecule has 0 heterocycles. The minimum atomic E-state index is 0. The van der Waals surface area contributed by atoms with Crippen LogP contribution < -0.4 is 0 Å². The fourth-order valence-electron chi connectivity index (χ4n) is 0. The summed E-state index contributed by atoms with van der Waals surface area (Å²) in [4.78, 5) is 0. The molecule has 0 N–H and O–H groups in total. The third-order valence-corrected chi connectivity index (χ3v) is 0. The van der Waals surface area contributed by atoms with Crippen LogP contribution in [0.5, 0.6) is 0 Å².